The molecule has 138 valence electrons. The number of aromatic nitrogens is 2. The molecule has 0 spiro atoms. The lowest BCUT2D eigenvalue weighted by Crippen LogP contribution is -2.26. The lowest BCUT2D eigenvalue weighted by molar-refractivity contribution is 0.0578. The second-order valence-corrected chi connectivity index (χ2v) is 8.13. The van der Waals surface area contributed by atoms with Crippen LogP contribution in [0.15, 0.2) is 24.4 Å². The minimum absolute atomic E-state index is 0.110. The maximum atomic E-state index is 15.1. The lowest BCUT2D eigenvalue weighted by Gasteiger charge is -2.26. The van der Waals surface area contributed by atoms with E-state index in [9.17, 15) is 5.11 Å². The molecule has 0 amide bonds. The Hall–Kier alpha value is -1.68. The van der Waals surface area contributed by atoms with E-state index in [4.69, 9.17) is 0 Å². The summed E-state index contributed by atoms with van der Waals surface area (Å²) in [5.74, 6) is -0.110. The predicted octanol–water partition coefficient (Wildman–Crippen LogP) is 5.03. The largest absolute Gasteiger partial charge is 0.389 e. The van der Waals surface area contributed by atoms with Gasteiger partial charge in [-0.1, -0.05) is 32.9 Å². The van der Waals surface area contributed by atoms with Crippen molar-refractivity contribution in [3.8, 4) is 11.3 Å². The van der Waals surface area contributed by atoms with Gasteiger partial charge in [-0.05, 0) is 62.8 Å². The molecule has 1 aromatic heterocycles. The van der Waals surface area contributed by atoms with Gasteiger partial charge in [-0.15, -0.1) is 0 Å². The van der Waals surface area contributed by atoms with Gasteiger partial charge in [-0.25, -0.2) is 4.39 Å². The molecule has 25 heavy (non-hydrogen) atoms. The highest BCUT2D eigenvalue weighted by molar-refractivity contribution is 5.68. The molecular weight excluding hydrogens is 315 g/mol. The molecule has 1 aromatic carbocycles. The number of benzene rings is 1. The van der Waals surface area contributed by atoms with Gasteiger partial charge >= 0.3 is 0 Å². The molecule has 2 aromatic rings. The zero-order valence-corrected chi connectivity index (χ0v) is 16.5. The molecule has 0 fully saturated rings. The Morgan fingerprint density at radius 2 is 1.88 bits per heavy atom. The molecule has 3 nitrogen and oxygen atoms in total. The van der Waals surface area contributed by atoms with Gasteiger partial charge in [0, 0.05) is 11.8 Å². The average molecular weight is 346 g/mol. The summed E-state index contributed by atoms with van der Waals surface area (Å²) >= 11 is 0. The molecule has 0 saturated heterocycles. The Balaban J connectivity index is 2.54. The Morgan fingerprint density at radius 3 is 2.40 bits per heavy atom. The molecule has 0 aliphatic carbocycles. The van der Waals surface area contributed by atoms with Crippen molar-refractivity contribution in [2.45, 2.75) is 72.7 Å². The van der Waals surface area contributed by atoms with Crippen LogP contribution < -0.4 is 0 Å². The summed E-state index contributed by atoms with van der Waals surface area (Å²) in [7, 11) is 0. The molecule has 1 unspecified atom stereocenters. The molecule has 1 heterocycles. The van der Waals surface area contributed by atoms with E-state index >= 15 is 4.39 Å². The number of rotatable bonds is 6. The Bertz CT molecular complexity index is 739. The van der Waals surface area contributed by atoms with Crippen molar-refractivity contribution in [2.75, 3.05) is 0 Å². The molecule has 0 aliphatic rings. The second-order valence-electron chi connectivity index (χ2n) is 8.13. The van der Waals surface area contributed by atoms with E-state index in [1.54, 1.807) is 25.5 Å². The van der Waals surface area contributed by atoms with E-state index in [0.29, 0.717) is 12.1 Å². The standard InChI is InChI=1S/C21H31FN2O/c1-8-16-9-10-17(21(7,22)14(2)3)11-18(16)19-15(4)12-24(23-19)13-20(5,6)25/h9-12,14,25H,8,13H2,1-7H3. The normalized spacial score (nSPS) is 14.8. The third kappa shape index (κ3) is 4.30. The van der Waals surface area contributed by atoms with Gasteiger partial charge in [-0.2, -0.15) is 5.10 Å². The highest BCUT2D eigenvalue weighted by Gasteiger charge is 2.31. The van der Waals surface area contributed by atoms with Crippen molar-refractivity contribution in [3.63, 3.8) is 0 Å². The number of aryl methyl sites for hydroxylation is 2. The van der Waals surface area contributed by atoms with Crippen LogP contribution >= 0.6 is 0 Å². The first-order valence-electron chi connectivity index (χ1n) is 9.04. The van der Waals surface area contributed by atoms with Crippen LogP contribution in [-0.2, 0) is 18.6 Å². The fraction of sp³-hybridized carbons (Fsp3) is 0.571. The summed E-state index contributed by atoms with van der Waals surface area (Å²) in [5, 5.41) is 14.7. The van der Waals surface area contributed by atoms with Crippen LogP contribution in [0.2, 0.25) is 0 Å². The molecule has 4 heteroatoms. The highest BCUT2D eigenvalue weighted by Crippen LogP contribution is 2.37. The smallest absolute Gasteiger partial charge is 0.135 e. The van der Waals surface area contributed by atoms with Gasteiger partial charge in [-0.3, -0.25) is 4.68 Å². The van der Waals surface area contributed by atoms with Crippen molar-refractivity contribution in [3.05, 3.63) is 41.1 Å². The molecule has 0 radical (unpaired) electrons. The number of hydrogen-bond donors (Lipinski definition) is 1. The van der Waals surface area contributed by atoms with E-state index in [1.165, 1.54) is 0 Å². The summed E-state index contributed by atoms with van der Waals surface area (Å²) in [6.07, 6.45) is 2.80. The van der Waals surface area contributed by atoms with Crippen molar-refractivity contribution in [1.29, 1.82) is 0 Å². The van der Waals surface area contributed by atoms with Gasteiger partial charge < -0.3 is 5.11 Å². The third-order valence-corrected chi connectivity index (χ3v) is 4.89. The molecule has 1 N–H and O–H groups in total. The van der Waals surface area contributed by atoms with Crippen LogP contribution in [-0.4, -0.2) is 20.5 Å². The first-order valence-corrected chi connectivity index (χ1v) is 9.04. The quantitative estimate of drug-likeness (QED) is 0.796. The topological polar surface area (TPSA) is 38.0 Å². The Morgan fingerprint density at radius 1 is 1.24 bits per heavy atom. The van der Waals surface area contributed by atoms with Crippen LogP contribution in [0.3, 0.4) is 0 Å². The van der Waals surface area contributed by atoms with E-state index in [2.05, 4.69) is 12.0 Å². The second kappa shape index (κ2) is 6.91. The van der Waals surface area contributed by atoms with Crippen molar-refractivity contribution < 1.29 is 9.50 Å². The van der Waals surface area contributed by atoms with E-state index in [0.717, 1.165) is 28.8 Å². The maximum Gasteiger partial charge on any atom is 0.135 e. The summed E-state index contributed by atoms with van der Waals surface area (Å²) in [4.78, 5) is 0. The Kier molecular flexibility index (Phi) is 5.43. The number of hydrogen-bond acceptors (Lipinski definition) is 2. The predicted molar refractivity (Wildman–Crippen MR) is 101 cm³/mol. The van der Waals surface area contributed by atoms with E-state index in [-0.39, 0.29) is 5.92 Å². The molecule has 2 rings (SSSR count). The van der Waals surface area contributed by atoms with Crippen LogP contribution in [0.1, 0.15) is 58.2 Å². The van der Waals surface area contributed by atoms with Gasteiger partial charge in [0.25, 0.3) is 0 Å². The van der Waals surface area contributed by atoms with Crippen molar-refractivity contribution in [2.24, 2.45) is 5.92 Å². The van der Waals surface area contributed by atoms with Crippen molar-refractivity contribution >= 4 is 0 Å². The van der Waals surface area contributed by atoms with Gasteiger partial charge in [0.05, 0.1) is 17.8 Å². The molecular formula is C21H31FN2O. The van der Waals surface area contributed by atoms with Gasteiger partial charge in [0.1, 0.15) is 5.67 Å². The fourth-order valence-electron chi connectivity index (χ4n) is 3.01. The van der Waals surface area contributed by atoms with Crippen LogP contribution in [0.4, 0.5) is 4.39 Å². The average Bonchev–Trinajstić information content (AvgIpc) is 2.84. The molecule has 0 bridgehead atoms. The summed E-state index contributed by atoms with van der Waals surface area (Å²) < 4.78 is 16.9. The summed E-state index contributed by atoms with van der Waals surface area (Å²) in [5.41, 5.74) is 2.50. The first-order chi connectivity index (χ1) is 11.5. The van der Waals surface area contributed by atoms with Crippen molar-refractivity contribution in [1.82, 2.24) is 9.78 Å². The van der Waals surface area contributed by atoms with E-state index in [1.807, 2.05) is 45.2 Å². The fourth-order valence-corrected chi connectivity index (χ4v) is 3.01. The zero-order valence-electron chi connectivity index (χ0n) is 16.5. The van der Waals surface area contributed by atoms with E-state index < -0.39 is 11.3 Å². The minimum atomic E-state index is -1.38. The lowest BCUT2D eigenvalue weighted by atomic mass is 9.84. The minimum Gasteiger partial charge on any atom is -0.389 e. The van der Waals surface area contributed by atoms with Gasteiger partial charge in [0.15, 0.2) is 0 Å². The molecule has 1 atom stereocenters. The van der Waals surface area contributed by atoms with Gasteiger partial charge in [0.2, 0.25) is 0 Å². The highest BCUT2D eigenvalue weighted by atomic mass is 19.1. The monoisotopic (exact) mass is 346 g/mol. The van der Waals surface area contributed by atoms with Crippen LogP contribution in [0, 0.1) is 12.8 Å². The number of nitrogens with zero attached hydrogens (tertiary/aromatic N) is 2. The molecule has 0 aliphatic heterocycles. The number of alkyl halides is 1. The summed E-state index contributed by atoms with van der Waals surface area (Å²) in [6.45, 7) is 13.5. The van der Waals surface area contributed by atoms with Crippen LogP contribution in [0.25, 0.3) is 11.3 Å². The first kappa shape index (κ1) is 19.6. The third-order valence-electron chi connectivity index (χ3n) is 4.89. The number of aliphatic hydroxyl groups is 1. The SMILES string of the molecule is CCc1ccc(C(C)(F)C(C)C)cc1-c1nn(CC(C)(C)O)cc1C. The molecule has 0 saturated carbocycles. The maximum absolute atomic E-state index is 15.1. The number of halogens is 1. The zero-order chi connectivity index (χ0) is 19.0. The Labute approximate surface area is 150 Å². The van der Waals surface area contributed by atoms with Crippen LogP contribution in [0.5, 0.6) is 0 Å². The summed E-state index contributed by atoms with van der Waals surface area (Å²) in [6, 6.07) is 5.85.